The highest BCUT2D eigenvalue weighted by Gasteiger charge is 2.35. The van der Waals surface area contributed by atoms with Crippen LogP contribution >= 0.6 is 11.6 Å². The van der Waals surface area contributed by atoms with Gasteiger partial charge in [0.15, 0.2) is 0 Å². The summed E-state index contributed by atoms with van der Waals surface area (Å²) in [5.41, 5.74) is 8.83. The van der Waals surface area contributed by atoms with Gasteiger partial charge in [0, 0.05) is 23.8 Å². The number of nitrogens with zero attached hydrogens (tertiary/aromatic N) is 1. The Kier molecular flexibility index (Phi) is 4.75. The molecule has 1 aromatic carbocycles. The average molecular weight is 281 g/mol. The zero-order valence-corrected chi connectivity index (χ0v) is 12.8. The summed E-state index contributed by atoms with van der Waals surface area (Å²) in [6.45, 7) is 7.60. The van der Waals surface area contributed by atoms with Crippen molar-refractivity contribution in [3.05, 3.63) is 28.8 Å². The van der Waals surface area contributed by atoms with Gasteiger partial charge in [-0.25, -0.2) is 0 Å². The minimum Gasteiger partial charge on any atom is -0.371 e. The normalized spacial score (nSPS) is 18.0. The molecule has 0 spiro atoms. The molecule has 0 aliphatic carbocycles. The van der Waals surface area contributed by atoms with Crippen LogP contribution in [0, 0.1) is 5.41 Å². The summed E-state index contributed by atoms with van der Waals surface area (Å²) in [6, 6.07) is 6.20. The molecule has 0 saturated carbocycles. The highest BCUT2D eigenvalue weighted by atomic mass is 35.5. The predicted molar refractivity (Wildman–Crippen MR) is 84.1 cm³/mol. The van der Waals surface area contributed by atoms with E-state index in [0.717, 1.165) is 24.5 Å². The van der Waals surface area contributed by atoms with Crippen molar-refractivity contribution in [1.29, 1.82) is 0 Å². The average Bonchev–Trinajstić information content (AvgIpc) is 2.86. The second kappa shape index (κ2) is 6.15. The second-order valence-electron chi connectivity index (χ2n) is 5.69. The first-order chi connectivity index (χ1) is 9.14. The maximum absolute atomic E-state index is 6.18. The van der Waals surface area contributed by atoms with Crippen LogP contribution in [0.2, 0.25) is 5.02 Å². The van der Waals surface area contributed by atoms with Crippen molar-refractivity contribution in [3.63, 3.8) is 0 Å². The summed E-state index contributed by atoms with van der Waals surface area (Å²) < 4.78 is 0. The van der Waals surface area contributed by atoms with Gasteiger partial charge in [-0.3, -0.25) is 0 Å². The molecule has 1 aliphatic rings. The number of anilines is 1. The molecule has 2 rings (SSSR count). The Hall–Kier alpha value is -0.730. The van der Waals surface area contributed by atoms with E-state index < -0.39 is 0 Å². The maximum Gasteiger partial charge on any atom is 0.0426 e. The summed E-state index contributed by atoms with van der Waals surface area (Å²) >= 11 is 6.18. The molecule has 3 heteroatoms. The smallest absolute Gasteiger partial charge is 0.0426 e. The van der Waals surface area contributed by atoms with Crippen LogP contribution in [0.4, 0.5) is 5.69 Å². The molecule has 0 unspecified atom stereocenters. The van der Waals surface area contributed by atoms with Crippen LogP contribution < -0.4 is 10.6 Å². The molecule has 0 radical (unpaired) electrons. The zero-order chi connectivity index (χ0) is 13.9. The monoisotopic (exact) mass is 280 g/mol. The Balaban J connectivity index is 2.25. The third-order valence-corrected chi connectivity index (χ3v) is 4.98. The highest BCUT2D eigenvalue weighted by Crippen LogP contribution is 2.40. The van der Waals surface area contributed by atoms with Crippen molar-refractivity contribution < 1.29 is 0 Å². The van der Waals surface area contributed by atoms with Crippen molar-refractivity contribution >= 4 is 17.3 Å². The van der Waals surface area contributed by atoms with E-state index in [4.69, 9.17) is 17.3 Å². The van der Waals surface area contributed by atoms with Crippen molar-refractivity contribution in [1.82, 2.24) is 0 Å². The minimum absolute atomic E-state index is 0.488. The quantitative estimate of drug-likeness (QED) is 0.887. The standard InChI is InChI=1S/C16H25ClN2/c1-3-16(4-2)8-10-19(12-16)15-11-14(17)6-5-13(15)7-9-18/h5-6,11H,3-4,7-10,12,18H2,1-2H3. The molecular weight excluding hydrogens is 256 g/mol. The first kappa shape index (κ1) is 14.7. The molecule has 1 aliphatic heterocycles. The molecule has 2 nitrogen and oxygen atoms in total. The van der Waals surface area contributed by atoms with E-state index in [-0.39, 0.29) is 0 Å². The lowest BCUT2D eigenvalue weighted by atomic mass is 9.82. The molecule has 0 atom stereocenters. The Morgan fingerprint density at radius 2 is 2.05 bits per heavy atom. The number of rotatable bonds is 5. The van der Waals surface area contributed by atoms with Crippen molar-refractivity contribution in [3.8, 4) is 0 Å². The molecule has 1 fully saturated rings. The van der Waals surface area contributed by atoms with Gasteiger partial charge >= 0.3 is 0 Å². The van der Waals surface area contributed by atoms with Gasteiger partial charge in [0.25, 0.3) is 0 Å². The van der Waals surface area contributed by atoms with Gasteiger partial charge in [-0.1, -0.05) is 31.5 Å². The highest BCUT2D eigenvalue weighted by molar-refractivity contribution is 6.30. The zero-order valence-electron chi connectivity index (χ0n) is 12.1. The van der Waals surface area contributed by atoms with E-state index in [0.29, 0.717) is 12.0 Å². The van der Waals surface area contributed by atoms with E-state index in [1.54, 1.807) is 0 Å². The first-order valence-electron chi connectivity index (χ1n) is 7.37. The molecule has 0 aromatic heterocycles. The van der Waals surface area contributed by atoms with Gasteiger partial charge in [0.1, 0.15) is 0 Å². The number of halogens is 1. The van der Waals surface area contributed by atoms with Crippen LogP contribution in [0.25, 0.3) is 0 Å². The van der Waals surface area contributed by atoms with Crippen LogP contribution in [0.5, 0.6) is 0 Å². The molecule has 2 N–H and O–H groups in total. The van der Waals surface area contributed by atoms with Gasteiger partial charge in [-0.05, 0) is 55.3 Å². The van der Waals surface area contributed by atoms with E-state index in [9.17, 15) is 0 Å². The van der Waals surface area contributed by atoms with Gasteiger partial charge in [0.05, 0.1) is 0 Å². The van der Waals surface area contributed by atoms with E-state index >= 15 is 0 Å². The van der Waals surface area contributed by atoms with Gasteiger partial charge in [-0.15, -0.1) is 0 Å². The molecule has 0 amide bonds. The van der Waals surface area contributed by atoms with Crippen LogP contribution in [-0.2, 0) is 6.42 Å². The first-order valence-corrected chi connectivity index (χ1v) is 7.75. The topological polar surface area (TPSA) is 29.3 Å². The molecular formula is C16H25ClN2. The van der Waals surface area contributed by atoms with E-state index in [2.05, 4.69) is 30.9 Å². The third-order valence-electron chi connectivity index (χ3n) is 4.74. The molecule has 1 aromatic rings. The number of benzene rings is 1. The van der Waals surface area contributed by atoms with Crippen molar-refractivity contribution in [2.24, 2.45) is 11.1 Å². The fraction of sp³-hybridized carbons (Fsp3) is 0.625. The Morgan fingerprint density at radius 1 is 1.32 bits per heavy atom. The summed E-state index contributed by atoms with van der Waals surface area (Å²) in [7, 11) is 0. The number of hydrogen-bond donors (Lipinski definition) is 1. The van der Waals surface area contributed by atoms with Crippen LogP contribution in [0.15, 0.2) is 18.2 Å². The largest absolute Gasteiger partial charge is 0.371 e. The summed E-state index contributed by atoms with van der Waals surface area (Å²) in [6.07, 6.45) is 4.72. The third kappa shape index (κ3) is 3.06. The fourth-order valence-electron chi connectivity index (χ4n) is 3.17. The Bertz CT molecular complexity index is 427. The predicted octanol–water partition coefficient (Wildman–Crippen LogP) is 3.86. The molecule has 106 valence electrons. The molecule has 19 heavy (non-hydrogen) atoms. The van der Waals surface area contributed by atoms with Crippen LogP contribution in [0.3, 0.4) is 0 Å². The fourth-order valence-corrected chi connectivity index (χ4v) is 3.33. The van der Waals surface area contributed by atoms with E-state index in [1.165, 1.54) is 30.5 Å². The molecule has 1 heterocycles. The lowest BCUT2D eigenvalue weighted by Gasteiger charge is -2.28. The maximum atomic E-state index is 6.18. The van der Waals surface area contributed by atoms with E-state index in [1.807, 2.05) is 6.07 Å². The summed E-state index contributed by atoms with van der Waals surface area (Å²) in [5.74, 6) is 0. The Morgan fingerprint density at radius 3 is 2.63 bits per heavy atom. The number of hydrogen-bond acceptors (Lipinski definition) is 2. The lowest BCUT2D eigenvalue weighted by molar-refractivity contribution is 0.301. The lowest BCUT2D eigenvalue weighted by Crippen LogP contribution is -2.27. The van der Waals surface area contributed by atoms with Gasteiger partial charge < -0.3 is 10.6 Å². The van der Waals surface area contributed by atoms with Gasteiger partial charge in [0.2, 0.25) is 0 Å². The minimum atomic E-state index is 0.488. The van der Waals surface area contributed by atoms with Crippen molar-refractivity contribution in [2.45, 2.75) is 39.5 Å². The Labute approximate surface area is 121 Å². The van der Waals surface area contributed by atoms with Gasteiger partial charge in [-0.2, -0.15) is 0 Å². The summed E-state index contributed by atoms with van der Waals surface area (Å²) in [4.78, 5) is 2.50. The van der Waals surface area contributed by atoms with Crippen molar-refractivity contribution in [2.75, 3.05) is 24.5 Å². The molecule has 1 saturated heterocycles. The SMILES string of the molecule is CCC1(CC)CCN(c2cc(Cl)ccc2CCN)C1. The number of nitrogens with two attached hydrogens (primary N) is 1. The molecule has 0 bridgehead atoms. The second-order valence-corrected chi connectivity index (χ2v) is 6.13. The van der Waals surface area contributed by atoms with Crippen LogP contribution in [-0.4, -0.2) is 19.6 Å². The van der Waals surface area contributed by atoms with Crippen LogP contribution in [0.1, 0.15) is 38.7 Å². The summed E-state index contributed by atoms with van der Waals surface area (Å²) in [5, 5.41) is 0.821.